The van der Waals surface area contributed by atoms with Gasteiger partial charge in [-0.05, 0) is 35.4 Å². The van der Waals surface area contributed by atoms with Gasteiger partial charge in [0.15, 0.2) is 0 Å². The van der Waals surface area contributed by atoms with Crippen LogP contribution in [0.5, 0.6) is 0 Å². The minimum Gasteiger partial charge on any atom is -0.336 e. The first-order valence-corrected chi connectivity index (χ1v) is 8.58. The number of benzene rings is 2. The molecular formula is C19H23Cl2N3O. The topological polar surface area (TPSA) is 49.6 Å². The third-order valence-corrected chi connectivity index (χ3v) is 4.67. The summed E-state index contributed by atoms with van der Waals surface area (Å²) in [6, 6.07) is 15.5. The predicted octanol–water partition coefficient (Wildman–Crippen LogP) is 3.18. The summed E-state index contributed by atoms with van der Waals surface area (Å²) in [5.41, 5.74) is 8.62. The van der Waals surface area contributed by atoms with Crippen LogP contribution in [0.15, 0.2) is 48.5 Å². The van der Waals surface area contributed by atoms with E-state index in [1.165, 1.54) is 5.56 Å². The monoisotopic (exact) mass is 379 g/mol. The standard InChI is InChI=1S/C19H22ClN3O.ClH/c20-18-7-3-16(4-8-18)14-22-9-11-23(12-10-22)19(24)17-5-1-15(13-21)2-6-17;/h1-8H,9-14,21H2;1H. The van der Waals surface area contributed by atoms with Gasteiger partial charge in [0.05, 0.1) is 0 Å². The van der Waals surface area contributed by atoms with Crippen LogP contribution in [0.3, 0.4) is 0 Å². The van der Waals surface area contributed by atoms with Crippen LogP contribution in [-0.4, -0.2) is 41.9 Å². The number of piperazine rings is 1. The van der Waals surface area contributed by atoms with Gasteiger partial charge in [-0.2, -0.15) is 0 Å². The molecule has 2 aromatic rings. The zero-order valence-corrected chi connectivity index (χ0v) is 15.6. The third kappa shape index (κ3) is 5.19. The Morgan fingerprint density at radius 1 is 0.920 bits per heavy atom. The number of carbonyl (C=O) groups excluding carboxylic acids is 1. The van der Waals surface area contributed by atoms with Crippen molar-refractivity contribution in [2.45, 2.75) is 13.1 Å². The van der Waals surface area contributed by atoms with Crippen LogP contribution < -0.4 is 5.73 Å². The van der Waals surface area contributed by atoms with Gasteiger partial charge in [0, 0.05) is 49.9 Å². The van der Waals surface area contributed by atoms with E-state index in [4.69, 9.17) is 17.3 Å². The molecule has 0 atom stereocenters. The quantitative estimate of drug-likeness (QED) is 0.887. The Bertz CT molecular complexity index is 681. The second-order valence-corrected chi connectivity index (χ2v) is 6.53. The maximum absolute atomic E-state index is 12.6. The van der Waals surface area contributed by atoms with Crippen molar-refractivity contribution in [1.29, 1.82) is 0 Å². The van der Waals surface area contributed by atoms with E-state index in [1.807, 2.05) is 41.3 Å². The molecule has 0 aromatic heterocycles. The number of carbonyl (C=O) groups is 1. The molecule has 1 aliphatic heterocycles. The lowest BCUT2D eigenvalue weighted by atomic mass is 10.1. The highest BCUT2D eigenvalue weighted by molar-refractivity contribution is 6.30. The molecule has 0 aliphatic carbocycles. The van der Waals surface area contributed by atoms with E-state index in [-0.39, 0.29) is 18.3 Å². The molecule has 1 fully saturated rings. The number of nitrogens with two attached hydrogens (primary N) is 1. The van der Waals surface area contributed by atoms with E-state index in [0.29, 0.717) is 6.54 Å². The van der Waals surface area contributed by atoms with Crippen LogP contribution in [0.2, 0.25) is 5.02 Å². The number of nitrogens with zero attached hydrogens (tertiary/aromatic N) is 2. The molecule has 6 heteroatoms. The molecule has 4 nitrogen and oxygen atoms in total. The minimum absolute atomic E-state index is 0. The Morgan fingerprint density at radius 2 is 1.48 bits per heavy atom. The molecule has 0 bridgehead atoms. The van der Waals surface area contributed by atoms with Crippen molar-refractivity contribution in [1.82, 2.24) is 9.80 Å². The molecule has 0 unspecified atom stereocenters. The van der Waals surface area contributed by atoms with E-state index < -0.39 is 0 Å². The Morgan fingerprint density at radius 3 is 2.04 bits per heavy atom. The number of rotatable bonds is 4. The first kappa shape index (κ1) is 19.7. The van der Waals surface area contributed by atoms with Crippen LogP contribution in [0.1, 0.15) is 21.5 Å². The Kier molecular flexibility index (Phi) is 7.26. The summed E-state index contributed by atoms with van der Waals surface area (Å²) < 4.78 is 0. The van der Waals surface area contributed by atoms with Crippen molar-refractivity contribution in [2.75, 3.05) is 26.2 Å². The maximum Gasteiger partial charge on any atom is 0.253 e. The van der Waals surface area contributed by atoms with Crippen LogP contribution in [0.25, 0.3) is 0 Å². The SMILES string of the molecule is Cl.NCc1ccc(C(=O)N2CCN(Cc3ccc(Cl)cc3)CC2)cc1. The van der Waals surface area contributed by atoms with Gasteiger partial charge in [0.2, 0.25) is 0 Å². The Hall–Kier alpha value is -1.59. The molecule has 1 saturated heterocycles. The van der Waals surface area contributed by atoms with E-state index in [9.17, 15) is 4.79 Å². The second-order valence-electron chi connectivity index (χ2n) is 6.10. The lowest BCUT2D eigenvalue weighted by Gasteiger charge is -2.34. The summed E-state index contributed by atoms with van der Waals surface area (Å²) in [5, 5.41) is 0.759. The zero-order valence-electron chi connectivity index (χ0n) is 14.0. The Balaban J connectivity index is 0.00000225. The number of hydrogen-bond acceptors (Lipinski definition) is 3. The van der Waals surface area contributed by atoms with Gasteiger partial charge in [0.1, 0.15) is 0 Å². The van der Waals surface area contributed by atoms with Gasteiger partial charge in [-0.25, -0.2) is 0 Å². The average molecular weight is 380 g/mol. The van der Waals surface area contributed by atoms with Crippen molar-refractivity contribution in [2.24, 2.45) is 5.73 Å². The summed E-state index contributed by atoms with van der Waals surface area (Å²) >= 11 is 5.92. The molecule has 0 radical (unpaired) electrons. The van der Waals surface area contributed by atoms with Crippen molar-refractivity contribution in [3.63, 3.8) is 0 Å². The van der Waals surface area contributed by atoms with E-state index in [2.05, 4.69) is 17.0 Å². The summed E-state index contributed by atoms with van der Waals surface area (Å²) in [6.45, 7) is 4.67. The normalized spacial score (nSPS) is 14.9. The molecule has 1 heterocycles. The van der Waals surface area contributed by atoms with Gasteiger partial charge in [-0.3, -0.25) is 9.69 Å². The van der Waals surface area contributed by atoms with Crippen LogP contribution in [0, 0.1) is 0 Å². The van der Waals surface area contributed by atoms with Gasteiger partial charge < -0.3 is 10.6 Å². The van der Waals surface area contributed by atoms with Crippen LogP contribution >= 0.6 is 24.0 Å². The molecule has 2 N–H and O–H groups in total. The molecule has 0 spiro atoms. The fourth-order valence-electron chi connectivity index (χ4n) is 2.92. The van der Waals surface area contributed by atoms with E-state index in [1.54, 1.807) is 0 Å². The van der Waals surface area contributed by atoms with Crippen molar-refractivity contribution in [3.8, 4) is 0 Å². The van der Waals surface area contributed by atoms with Crippen LogP contribution in [-0.2, 0) is 13.1 Å². The predicted molar refractivity (Wildman–Crippen MR) is 104 cm³/mol. The molecule has 0 saturated carbocycles. The third-order valence-electron chi connectivity index (χ3n) is 4.42. The second kappa shape index (κ2) is 9.20. The highest BCUT2D eigenvalue weighted by atomic mass is 35.5. The summed E-state index contributed by atoms with van der Waals surface area (Å²) in [4.78, 5) is 16.9. The lowest BCUT2D eigenvalue weighted by Crippen LogP contribution is -2.48. The highest BCUT2D eigenvalue weighted by Crippen LogP contribution is 2.14. The van der Waals surface area contributed by atoms with Crippen molar-refractivity contribution < 1.29 is 4.79 Å². The molecule has 25 heavy (non-hydrogen) atoms. The zero-order chi connectivity index (χ0) is 16.9. The van der Waals surface area contributed by atoms with Gasteiger partial charge >= 0.3 is 0 Å². The van der Waals surface area contributed by atoms with Crippen LogP contribution in [0.4, 0.5) is 0 Å². The molecule has 1 amide bonds. The molecule has 3 rings (SSSR count). The molecule has 2 aromatic carbocycles. The first-order valence-electron chi connectivity index (χ1n) is 8.21. The van der Waals surface area contributed by atoms with Gasteiger partial charge in [-0.1, -0.05) is 35.9 Å². The Labute approximate surface area is 160 Å². The van der Waals surface area contributed by atoms with Gasteiger partial charge in [0.25, 0.3) is 5.91 Å². The highest BCUT2D eigenvalue weighted by Gasteiger charge is 2.22. The maximum atomic E-state index is 12.6. The summed E-state index contributed by atoms with van der Waals surface area (Å²) in [5.74, 6) is 0.102. The van der Waals surface area contributed by atoms with E-state index >= 15 is 0 Å². The number of hydrogen-bond donors (Lipinski definition) is 1. The first-order chi connectivity index (χ1) is 11.7. The van der Waals surface area contributed by atoms with E-state index in [0.717, 1.165) is 48.9 Å². The number of amides is 1. The van der Waals surface area contributed by atoms with Crippen molar-refractivity contribution >= 4 is 29.9 Å². The van der Waals surface area contributed by atoms with Crippen molar-refractivity contribution in [3.05, 3.63) is 70.2 Å². The molecule has 1 aliphatic rings. The van der Waals surface area contributed by atoms with Gasteiger partial charge in [-0.15, -0.1) is 12.4 Å². The molecule has 134 valence electrons. The largest absolute Gasteiger partial charge is 0.336 e. The average Bonchev–Trinajstić information content (AvgIpc) is 2.64. The summed E-state index contributed by atoms with van der Waals surface area (Å²) in [6.07, 6.45) is 0. The fourth-order valence-corrected chi connectivity index (χ4v) is 3.05. The minimum atomic E-state index is 0. The fraction of sp³-hybridized carbons (Fsp3) is 0.316. The smallest absolute Gasteiger partial charge is 0.253 e. The molecular weight excluding hydrogens is 357 g/mol. The summed E-state index contributed by atoms with van der Waals surface area (Å²) in [7, 11) is 0. The lowest BCUT2D eigenvalue weighted by molar-refractivity contribution is 0.0628. The number of halogens is 2.